The molecule has 0 aliphatic carbocycles. The molecule has 0 aromatic rings. The fourth-order valence-electron chi connectivity index (χ4n) is 1.75. The van der Waals surface area contributed by atoms with Crippen molar-refractivity contribution in [2.45, 2.75) is 71.3 Å². The van der Waals surface area contributed by atoms with Gasteiger partial charge in [-0.3, -0.25) is 4.79 Å². The second kappa shape index (κ2) is 10.5. The molecule has 16 heavy (non-hydrogen) atoms. The molecule has 0 aliphatic heterocycles. The minimum Gasteiger partial charge on any atom is -0.343 e. The molecule has 0 radical (unpaired) electrons. The Labute approximate surface area is 100 Å². The average molecular weight is 223 g/mol. The van der Waals surface area contributed by atoms with Crippen molar-refractivity contribution >= 4 is 5.91 Å². The van der Waals surface area contributed by atoms with Crippen LogP contribution in [0.2, 0.25) is 0 Å². The second-order valence-electron chi connectivity index (χ2n) is 4.33. The Hall–Kier alpha value is -0.970. The predicted octanol–water partition coefficient (Wildman–Crippen LogP) is 3.27. The highest BCUT2D eigenvalue weighted by Gasteiger charge is 2.04. The van der Waals surface area contributed by atoms with Gasteiger partial charge in [-0.2, -0.15) is 0 Å². The summed E-state index contributed by atoms with van der Waals surface area (Å²) < 4.78 is 0. The molecule has 0 fully saturated rings. The van der Waals surface area contributed by atoms with Crippen LogP contribution < -0.4 is 5.32 Å². The summed E-state index contributed by atoms with van der Waals surface area (Å²) in [6, 6.07) is -0.0758. The van der Waals surface area contributed by atoms with Gasteiger partial charge >= 0.3 is 0 Å². The number of terminal acetylenes is 1. The molecule has 0 bridgehead atoms. The number of carbonyl (C=O) groups excluding carboxylic acids is 1. The molecule has 0 unspecified atom stereocenters. The highest BCUT2D eigenvalue weighted by Crippen LogP contribution is 2.09. The lowest BCUT2D eigenvalue weighted by molar-refractivity contribution is -0.119. The van der Waals surface area contributed by atoms with Crippen molar-refractivity contribution in [2.24, 2.45) is 0 Å². The third kappa shape index (κ3) is 9.58. The summed E-state index contributed by atoms with van der Waals surface area (Å²) in [6.45, 7) is 3.74. The normalized spacial score (nSPS) is 11.8. The first-order valence-electron chi connectivity index (χ1n) is 6.44. The van der Waals surface area contributed by atoms with Crippen LogP contribution in [0.3, 0.4) is 0 Å². The zero-order valence-corrected chi connectivity index (χ0v) is 10.7. The molecule has 0 rings (SSSR count). The Morgan fingerprint density at radius 2 is 1.75 bits per heavy atom. The van der Waals surface area contributed by atoms with Crippen molar-refractivity contribution in [1.29, 1.82) is 0 Å². The molecular weight excluding hydrogens is 198 g/mol. The highest BCUT2D eigenvalue weighted by atomic mass is 16.1. The zero-order chi connectivity index (χ0) is 12.2. The third-order valence-electron chi connectivity index (χ3n) is 2.68. The molecule has 1 amide bonds. The number of amides is 1. The summed E-state index contributed by atoms with van der Waals surface area (Å²) in [5.41, 5.74) is 0. The van der Waals surface area contributed by atoms with Gasteiger partial charge in [0.15, 0.2) is 0 Å². The molecule has 0 saturated heterocycles. The predicted molar refractivity (Wildman–Crippen MR) is 69.0 cm³/mol. The third-order valence-corrected chi connectivity index (χ3v) is 2.68. The van der Waals surface area contributed by atoms with E-state index in [0.29, 0.717) is 0 Å². The van der Waals surface area contributed by atoms with Crippen LogP contribution in [0.5, 0.6) is 0 Å². The van der Waals surface area contributed by atoms with Gasteiger partial charge in [0.25, 0.3) is 0 Å². The molecule has 0 aromatic carbocycles. The smallest absolute Gasteiger partial charge is 0.217 e. The fraction of sp³-hybridized carbons (Fsp3) is 0.786. The van der Waals surface area contributed by atoms with Crippen molar-refractivity contribution in [2.75, 3.05) is 0 Å². The maximum absolute atomic E-state index is 10.8. The van der Waals surface area contributed by atoms with E-state index in [2.05, 4.69) is 18.2 Å². The molecule has 2 nitrogen and oxygen atoms in total. The molecular formula is C14H25NO. The largest absolute Gasteiger partial charge is 0.343 e. The van der Waals surface area contributed by atoms with Crippen LogP contribution in [0.15, 0.2) is 0 Å². The van der Waals surface area contributed by atoms with Crippen molar-refractivity contribution in [3.8, 4) is 12.3 Å². The van der Waals surface area contributed by atoms with Crippen molar-refractivity contribution < 1.29 is 4.79 Å². The van der Waals surface area contributed by atoms with Crippen molar-refractivity contribution in [3.05, 3.63) is 0 Å². The molecule has 0 saturated carbocycles. The second-order valence-corrected chi connectivity index (χ2v) is 4.33. The van der Waals surface area contributed by atoms with Gasteiger partial charge in [0.1, 0.15) is 0 Å². The van der Waals surface area contributed by atoms with Crippen LogP contribution in [0.25, 0.3) is 0 Å². The van der Waals surface area contributed by atoms with E-state index in [1.165, 1.54) is 45.4 Å². The first kappa shape index (κ1) is 15.0. The lowest BCUT2D eigenvalue weighted by Crippen LogP contribution is -2.31. The SMILES string of the molecule is C#C[C@@H](CCCCCCCCC)NC(C)=O. The first-order chi connectivity index (χ1) is 7.70. The maximum atomic E-state index is 10.8. The van der Waals surface area contributed by atoms with E-state index in [1.54, 1.807) is 0 Å². The topological polar surface area (TPSA) is 29.1 Å². The van der Waals surface area contributed by atoms with Gasteiger partial charge in [-0.05, 0) is 6.42 Å². The summed E-state index contributed by atoms with van der Waals surface area (Å²) in [6.07, 6.45) is 15.2. The molecule has 0 aliphatic rings. The summed E-state index contributed by atoms with van der Waals surface area (Å²) >= 11 is 0. The van der Waals surface area contributed by atoms with E-state index in [1.807, 2.05) is 0 Å². The van der Waals surface area contributed by atoms with Crippen LogP contribution >= 0.6 is 0 Å². The van der Waals surface area contributed by atoms with Gasteiger partial charge in [-0.15, -0.1) is 6.42 Å². The van der Waals surface area contributed by atoms with Crippen LogP contribution in [0.4, 0.5) is 0 Å². The van der Waals surface area contributed by atoms with Gasteiger partial charge < -0.3 is 5.32 Å². The average Bonchev–Trinajstić information content (AvgIpc) is 2.25. The first-order valence-corrected chi connectivity index (χ1v) is 6.44. The number of rotatable bonds is 9. The number of hydrogen-bond donors (Lipinski definition) is 1. The Morgan fingerprint density at radius 1 is 1.19 bits per heavy atom. The standard InChI is InChI=1S/C14H25NO/c1-4-6-7-8-9-10-11-12-14(5-2)15-13(3)16/h2,14H,4,6-12H2,1,3H3,(H,15,16)/t14-/m0/s1. The van der Waals surface area contributed by atoms with Crippen molar-refractivity contribution in [3.63, 3.8) is 0 Å². The molecule has 0 spiro atoms. The van der Waals surface area contributed by atoms with Crippen LogP contribution in [0, 0.1) is 12.3 Å². The minimum atomic E-state index is -0.0758. The van der Waals surface area contributed by atoms with Gasteiger partial charge in [0.2, 0.25) is 5.91 Å². The van der Waals surface area contributed by atoms with Crippen LogP contribution in [-0.2, 0) is 4.79 Å². The monoisotopic (exact) mass is 223 g/mol. The minimum absolute atomic E-state index is 0.0362. The number of carbonyl (C=O) groups is 1. The van der Waals surface area contributed by atoms with Gasteiger partial charge in [0, 0.05) is 6.92 Å². The van der Waals surface area contributed by atoms with E-state index in [9.17, 15) is 4.79 Å². The zero-order valence-electron chi connectivity index (χ0n) is 10.7. The Morgan fingerprint density at radius 3 is 2.25 bits per heavy atom. The summed E-state index contributed by atoms with van der Waals surface area (Å²) in [7, 11) is 0. The fourth-order valence-corrected chi connectivity index (χ4v) is 1.75. The van der Waals surface area contributed by atoms with Gasteiger partial charge in [0.05, 0.1) is 6.04 Å². The number of nitrogens with one attached hydrogen (secondary N) is 1. The lowest BCUT2D eigenvalue weighted by Gasteiger charge is -2.10. The Balaban J connectivity index is 3.35. The number of hydrogen-bond acceptors (Lipinski definition) is 1. The van der Waals surface area contributed by atoms with Gasteiger partial charge in [-0.25, -0.2) is 0 Å². The maximum Gasteiger partial charge on any atom is 0.217 e. The van der Waals surface area contributed by atoms with E-state index < -0.39 is 0 Å². The molecule has 2 heteroatoms. The number of unbranched alkanes of at least 4 members (excludes halogenated alkanes) is 6. The Bertz CT molecular complexity index is 217. The lowest BCUT2D eigenvalue weighted by atomic mass is 10.1. The van der Waals surface area contributed by atoms with E-state index >= 15 is 0 Å². The highest BCUT2D eigenvalue weighted by molar-refractivity contribution is 5.73. The summed E-state index contributed by atoms with van der Waals surface area (Å²) in [4.78, 5) is 10.8. The van der Waals surface area contributed by atoms with Gasteiger partial charge in [-0.1, -0.05) is 57.8 Å². The van der Waals surface area contributed by atoms with E-state index in [-0.39, 0.29) is 11.9 Å². The quantitative estimate of drug-likeness (QED) is 0.472. The molecule has 1 atom stereocenters. The summed E-state index contributed by atoms with van der Waals surface area (Å²) in [5.74, 6) is 2.58. The Kier molecular flexibility index (Phi) is 9.91. The van der Waals surface area contributed by atoms with E-state index in [0.717, 1.165) is 12.8 Å². The van der Waals surface area contributed by atoms with Crippen LogP contribution in [0.1, 0.15) is 65.2 Å². The molecule has 1 N–H and O–H groups in total. The van der Waals surface area contributed by atoms with E-state index in [4.69, 9.17) is 6.42 Å². The summed E-state index contributed by atoms with van der Waals surface area (Å²) in [5, 5.41) is 2.77. The molecule has 0 aromatic heterocycles. The van der Waals surface area contributed by atoms with Crippen LogP contribution in [-0.4, -0.2) is 11.9 Å². The van der Waals surface area contributed by atoms with Crippen molar-refractivity contribution in [1.82, 2.24) is 5.32 Å². The molecule has 92 valence electrons. The molecule has 0 heterocycles.